The molecular weight excluding hydrogens is 390 g/mol. The van der Waals surface area contributed by atoms with Gasteiger partial charge in [-0.2, -0.15) is 0 Å². The van der Waals surface area contributed by atoms with Gasteiger partial charge in [0.05, 0.1) is 10.7 Å². The van der Waals surface area contributed by atoms with Crippen LogP contribution < -0.4 is 18.9 Å². The minimum absolute atomic E-state index is 0.0312. The number of ether oxygens (including phenoxy) is 5. The van der Waals surface area contributed by atoms with Crippen molar-refractivity contribution in [2.75, 3.05) is 20.2 Å². The van der Waals surface area contributed by atoms with Crippen molar-refractivity contribution in [1.82, 2.24) is 0 Å². The van der Waals surface area contributed by atoms with Gasteiger partial charge in [0.2, 0.25) is 20.2 Å². The fraction of sp³-hybridized carbons (Fsp3) is 0.263. The van der Waals surface area contributed by atoms with E-state index in [0.29, 0.717) is 39.3 Å². The summed E-state index contributed by atoms with van der Waals surface area (Å²) in [7, 11) is 0. The lowest BCUT2D eigenvalue weighted by atomic mass is 10.1. The Kier molecular flexibility index (Phi) is 5.12. The van der Waals surface area contributed by atoms with E-state index in [9.17, 15) is 4.79 Å². The van der Waals surface area contributed by atoms with Crippen molar-refractivity contribution in [3.8, 4) is 23.0 Å². The molecule has 28 heavy (non-hydrogen) atoms. The van der Waals surface area contributed by atoms with Gasteiger partial charge in [-0.25, -0.2) is 4.79 Å². The van der Waals surface area contributed by atoms with Crippen LogP contribution in [0, 0.1) is 0 Å². The van der Waals surface area contributed by atoms with Crippen LogP contribution in [0.1, 0.15) is 18.1 Å². The molecule has 0 aromatic heterocycles. The Morgan fingerprint density at radius 1 is 1.07 bits per heavy atom. The molecule has 2 aliphatic rings. The molecule has 2 aromatic carbocycles. The lowest BCUT2D eigenvalue weighted by Crippen LogP contribution is -2.11. The van der Waals surface area contributed by atoms with Crippen molar-refractivity contribution in [2.45, 2.75) is 13.5 Å². The van der Waals surface area contributed by atoms with Gasteiger partial charge in [0.1, 0.15) is 6.61 Å². The lowest BCUT2D eigenvalue weighted by molar-refractivity contribution is -0.150. The normalized spacial score (nSPS) is 14.1. The highest BCUT2D eigenvalue weighted by molar-refractivity contribution is 6.32. The van der Waals surface area contributed by atoms with Gasteiger partial charge in [-0.1, -0.05) is 16.8 Å². The largest absolute Gasteiger partial charge is 0.458 e. The number of halogens is 1. The Bertz CT molecular complexity index is 944. The third-order valence-corrected chi connectivity index (χ3v) is 4.34. The number of benzene rings is 2. The standard InChI is InChI=1S/C19H16ClNO7/c1-11(13-2-3-15-16(6-13)25-9-24-15)21-28-8-18(22)23-7-12-4-14(20)19-17(5-12)26-10-27-19/h2-6H,7-10H2,1H3. The van der Waals surface area contributed by atoms with E-state index < -0.39 is 5.97 Å². The quantitative estimate of drug-likeness (QED) is 0.414. The zero-order chi connectivity index (χ0) is 19.5. The van der Waals surface area contributed by atoms with Gasteiger partial charge in [0.15, 0.2) is 23.0 Å². The van der Waals surface area contributed by atoms with E-state index in [-0.39, 0.29) is 26.8 Å². The van der Waals surface area contributed by atoms with Crippen molar-refractivity contribution in [3.63, 3.8) is 0 Å². The van der Waals surface area contributed by atoms with Crippen molar-refractivity contribution in [3.05, 3.63) is 46.5 Å². The molecule has 0 atom stereocenters. The fourth-order valence-corrected chi connectivity index (χ4v) is 2.95. The number of hydrogen-bond donors (Lipinski definition) is 0. The summed E-state index contributed by atoms with van der Waals surface area (Å²) in [6, 6.07) is 8.79. The predicted molar refractivity (Wildman–Crippen MR) is 98.1 cm³/mol. The van der Waals surface area contributed by atoms with Crippen LogP contribution in [-0.2, 0) is 21.0 Å². The first-order valence-corrected chi connectivity index (χ1v) is 8.78. The van der Waals surface area contributed by atoms with Gasteiger partial charge in [0.25, 0.3) is 0 Å². The zero-order valence-corrected chi connectivity index (χ0v) is 15.7. The van der Waals surface area contributed by atoms with Crippen LogP contribution in [0.5, 0.6) is 23.0 Å². The Balaban J connectivity index is 1.28. The van der Waals surface area contributed by atoms with Gasteiger partial charge in [-0.05, 0) is 42.8 Å². The number of fused-ring (bicyclic) bond motifs is 2. The summed E-state index contributed by atoms with van der Waals surface area (Å²) in [5.41, 5.74) is 2.07. The number of hydrogen-bond acceptors (Lipinski definition) is 8. The molecule has 0 saturated carbocycles. The molecular formula is C19H16ClNO7. The van der Waals surface area contributed by atoms with Crippen LogP contribution in [0.25, 0.3) is 0 Å². The summed E-state index contributed by atoms with van der Waals surface area (Å²) in [6.45, 7) is 1.79. The first-order valence-electron chi connectivity index (χ1n) is 8.40. The average Bonchev–Trinajstić information content (AvgIpc) is 3.35. The molecule has 146 valence electrons. The van der Waals surface area contributed by atoms with Crippen molar-refractivity contribution < 1.29 is 33.3 Å². The molecule has 2 heterocycles. The molecule has 0 N–H and O–H groups in total. The molecule has 2 aromatic rings. The number of nitrogens with zero attached hydrogens (tertiary/aromatic N) is 1. The zero-order valence-electron chi connectivity index (χ0n) is 14.9. The molecule has 0 fully saturated rings. The smallest absolute Gasteiger partial charge is 0.347 e. The second kappa shape index (κ2) is 7.85. The van der Waals surface area contributed by atoms with E-state index in [4.69, 9.17) is 40.1 Å². The maximum absolute atomic E-state index is 11.9. The number of carbonyl (C=O) groups is 1. The second-order valence-corrected chi connectivity index (χ2v) is 6.40. The molecule has 0 amide bonds. The van der Waals surface area contributed by atoms with Crippen molar-refractivity contribution in [2.24, 2.45) is 5.16 Å². The summed E-state index contributed by atoms with van der Waals surface area (Å²) in [6.07, 6.45) is 0. The maximum atomic E-state index is 11.9. The molecule has 9 heteroatoms. The first-order chi connectivity index (χ1) is 13.6. The number of rotatable bonds is 6. The average molecular weight is 406 g/mol. The topological polar surface area (TPSA) is 84.8 Å². The fourth-order valence-electron chi connectivity index (χ4n) is 2.67. The van der Waals surface area contributed by atoms with E-state index in [1.807, 2.05) is 6.07 Å². The van der Waals surface area contributed by atoms with Gasteiger partial charge in [-0.15, -0.1) is 0 Å². The summed E-state index contributed by atoms with van der Waals surface area (Å²) >= 11 is 6.10. The Morgan fingerprint density at radius 3 is 2.75 bits per heavy atom. The highest BCUT2D eigenvalue weighted by atomic mass is 35.5. The van der Waals surface area contributed by atoms with Crippen LogP contribution >= 0.6 is 11.6 Å². The first kappa shape index (κ1) is 18.2. The third-order valence-electron chi connectivity index (χ3n) is 4.06. The van der Waals surface area contributed by atoms with Crippen molar-refractivity contribution >= 4 is 23.3 Å². The number of esters is 1. The Morgan fingerprint density at radius 2 is 1.86 bits per heavy atom. The molecule has 0 bridgehead atoms. The third kappa shape index (κ3) is 3.91. The molecule has 0 aliphatic carbocycles. The summed E-state index contributed by atoms with van der Waals surface area (Å²) in [4.78, 5) is 17.0. The minimum atomic E-state index is -0.559. The van der Waals surface area contributed by atoms with Gasteiger partial charge in [0, 0.05) is 5.56 Å². The van der Waals surface area contributed by atoms with E-state index in [1.165, 1.54) is 0 Å². The monoisotopic (exact) mass is 405 g/mol. The van der Waals surface area contributed by atoms with Gasteiger partial charge in [-0.3, -0.25) is 0 Å². The van der Waals surface area contributed by atoms with E-state index >= 15 is 0 Å². The molecule has 0 spiro atoms. The molecule has 4 rings (SSSR count). The molecule has 2 aliphatic heterocycles. The SMILES string of the molecule is CC(=NOCC(=O)OCc1cc(Cl)c2c(c1)OCO2)c1ccc2c(c1)OCO2. The van der Waals surface area contributed by atoms with Crippen LogP contribution in [0.15, 0.2) is 35.5 Å². The molecule has 0 radical (unpaired) electrons. The molecule has 0 saturated heterocycles. The van der Waals surface area contributed by atoms with Crippen molar-refractivity contribution in [1.29, 1.82) is 0 Å². The highest BCUT2D eigenvalue weighted by Gasteiger charge is 2.19. The number of oxime groups is 1. The minimum Gasteiger partial charge on any atom is -0.458 e. The van der Waals surface area contributed by atoms with Crippen LogP contribution in [0.2, 0.25) is 5.02 Å². The Labute approximate surface area is 165 Å². The van der Waals surface area contributed by atoms with Gasteiger partial charge < -0.3 is 28.5 Å². The lowest BCUT2D eigenvalue weighted by Gasteiger charge is -2.07. The van der Waals surface area contributed by atoms with Gasteiger partial charge >= 0.3 is 5.97 Å². The van der Waals surface area contributed by atoms with Crippen LogP contribution in [0.4, 0.5) is 0 Å². The Hall–Kier alpha value is -3.13. The highest BCUT2D eigenvalue weighted by Crippen LogP contribution is 2.40. The summed E-state index contributed by atoms with van der Waals surface area (Å²) < 4.78 is 26.3. The second-order valence-electron chi connectivity index (χ2n) is 5.99. The van der Waals surface area contributed by atoms with E-state index in [1.54, 1.807) is 31.2 Å². The maximum Gasteiger partial charge on any atom is 0.347 e. The summed E-state index contributed by atoms with van der Waals surface area (Å²) in [5.74, 6) is 1.79. The van der Waals surface area contributed by atoms with Crippen LogP contribution in [0.3, 0.4) is 0 Å². The van der Waals surface area contributed by atoms with E-state index in [2.05, 4.69) is 5.16 Å². The molecule has 0 unspecified atom stereocenters. The van der Waals surface area contributed by atoms with Crippen LogP contribution in [-0.4, -0.2) is 31.9 Å². The summed E-state index contributed by atoms with van der Waals surface area (Å²) in [5, 5.41) is 4.34. The molecule has 8 nitrogen and oxygen atoms in total. The van der Waals surface area contributed by atoms with E-state index in [0.717, 1.165) is 5.56 Å². The number of carbonyl (C=O) groups excluding carboxylic acids is 1. The predicted octanol–water partition coefficient (Wildman–Crippen LogP) is 3.28.